The van der Waals surface area contributed by atoms with E-state index in [4.69, 9.17) is 0 Å². The van der Waals surface area contributed by atoms with Crippen molar-refractivity contribution in [3.63, 3.8) is 0 Å². The van der Waals surface area contributed by atoms with Gasteiger partial charge < -0.3 is 5.32 Å². The lowest BCUT2D eigenvalue weighted by atomic mass is 9.99. The first kappa shape index (κ1) is 22.0. The average molecular weight is 446 g/mol. The summed E-state index contributed by atoms with van der Waals surface area (Å²) >= 11 is 1.44. The molecule has 6 heteroatoms. The van der Waals surface area contributed by atoms with Gasteiger partial charge in [0.25, 0.3) is 5.56 Å². The monoisotopic (exact) mass is 445 g/mol. The number of hydrogen-bond acceptors (Lipinski definition) is 4. The molecule has 2 aromatic carbocycles. The van der Waals surface area contributed by atoms with Crippen LogP contribution in [0.4, 0.5) is 5.69 Å². The summed E-state index contributed by atoms with van der Waals surface area (Å²) in [7, 11) is 0. The van der Waals surface area contributed by atoms with E-state index in [0.29, 0.717) is 16.1 Å². The Hall–Kier alpha value is -3.25. The van der Waals surface area contributed by atoms with Gasteiger partial charge in [0.15, 0.2) is 0 Å². The number of hydrogen-bond donors (Lipinski definition) is 1. The highest BCUT2D eigenvalue weighted by molar-refractivity contribution is 7.17. The Morgan fingerprint density at radius 2 is 1.75 bits per heavy atom. The number of benzene rings is 2. The van der Waals surface area contributed by atoms with Crippen molar-refractivity contribution in [1.82, 2.24) is 9.55 Å². The number of carbonyl (C=O) groups is 1. The van der Waals surface area contributed by atoms with Crippen LogP contribution in [0.5, 0.6) is 0 Å². The van der Waals surface area contributed by atoms with Crippen LogP contribution >= 0.6 is 11.3 Å². The summed E-state index contributed by atoms with van der Waals surface area (Å²) in [5.74, 6) is 0.197. The number of amides is 1. The Morgan fingerprint density at radius 3 is 2.38 bits per heavy atom. The molecule has 0 bridgehead atoms. The van der Waals surface area contributed by atoms with Gasteiger partial charge in [0.05, 0.1) is 11.7 Å². The second-order valence-electron chi connectivity index (χ2n) is 8.61. The molecule has 32 heavy (non-hydrogen) atoms. The van der Waals surface area contributed by atoms with Gasteiger partial charge >= 0.3 is 0 Å². The molecule has 0 saturated carbocycles. The van der Waals surface area contributed by atoms with Gasteiger partial charge in [0.2, 0.25) is 5.91 Å². The third-order valence-electron chi connectivity index (χ3n) is 5.70. The van der Waals surface area contributed by atoms with Crippen LogP contribution in [0.3, 0.4) is 0 Å². The first-order valence-electron chi connectivity index (χ1n) is 10.7. The number of carbonyl (C=O) groups excluding carboxylic acids is 1. The van der Waals surface area contributed by atoms with Crippen molar-refractivity contribution in [3.05, 3.63) is 80.7 Å². The summed E-state index contributed by atoms with van der Waals surface area (Å²) < 4.78 is 1.38. The molecule has 4 rings (SSSR count). The van der Waals surface area contributed by atoms with Gasteiger partial charge in [-0.05, 0) is 48.9 Å². The molecule has 0 unspecified atom stereocenters. The zero-order valence-corrected chi connectivity index (χ0v) is 19.8. The maximum Gasteiger partial charge on any atom is 0.263 e. The third kappa shape index (κ3) is 4.23. The number of nitrogens with zero attached hydrogens (tertiary/aromatic N) is 2. The lowest BCUT2D eigenvalue weighted by Crippen LogP contribution is -2.28. The number of nitrogens with one attached hydrogen (secondary N) is 1. The Kier molecular flexibility index (Phi) is 5.98. The van der Waals surface area contributed by atoms with Crippen molar-refractivity contribution in [2.45, 2.75) is 47.1 Å². The molecular weight excluding hydrogens is 418 g/mol. The number of aryl methyl sites for hydroxylation is 3. The van der Waals surface area contributed by atoms with Gasteiger partial charge in [0, 0.05) is 16.6 Å². The molecule has 4 aromatic rings. The predicted molar refractivity (Wildman–Crippen MR) is 133 cm³/mol. The van der Waals surface area contributed by atoms with Gasteiger partial charge in [0.1, 0.15) is 11.4 Å². The van der Waals surface area contributed by atoms with Crippen LogP contribution in [0.2, 0.25) is 0 Å². The summed E-state index contributed by atoms with van der Waals surface area (Å²) in [6.07, 6.45) is 1.46. The molecule has 0 aliphatic carbocycles. The number of anilines is 1. The highest BCUT2D eigenvalue weighted by Gasteiger charge is 2.16. The highest BCUT2D eigenvalue weighted by atomic mass is 32.1. The molecule has 0 aliphatic rings. The molecule has 5 nitrogen and oxygen atoms in total. The minimum atomic E-state index is -0.249. The molecule has 2 heterocycles. The summed E-state index contributed by atoms with van der Waals surface area (Å²) in [6, 6.07) is 12.3. The zero-order chi connectivity index (χ0) is 23.0. The van der Waals surface area contributed by atoms with E-state index in [1.807, 2.05) is 50.4 Å². The fraction of sp³-hybridized carbons (Fsp3) is 0.269. The lowest BCUT2D eigenvalue weighted by molar-refractivity contribution is -0.116. The Bertz CT molecular complexity index is 1340. The largest absolute Gasteiger partial charge is 0.324 e. The molecule has 1 N–H and O–H groups in total. The van der Waals surface area contributed by atoms with Crippen LogP contribution in [0.15, 0.2) is 52.9 Å². The standard InChI is InChI=1S/C26H27N3O2S/c1-15(2)19-6-8-20(9-7-19)21-13-32-25-23(21)26(31)29(14-27-25)12-22(30)28-24-17(4)10-16(3)11-18(24)5/h6-11,13-15H,12H2,1-5H3,(H,28,30). The summed E-state index contributed by atoms with van der Waals surface area (Å²) in [4.78, 5) is 31.2. The van der Waals surface area contributed by atoms with Gasteiger partial charge in [-0.25, -0.2) is 4.98 Å². The van der Waals surface area contributed by atoms with Crippen molar-refractivity contribution < 1.29 is 4.79 Å². The van der Waals surface area contributed by atoms with E-state index in [2.05, 4.69) is 36.3 Å². The SMILES string of the molecule is Cc1cc(C)c(NC(=O)Cn2cnc3scc(-c4ccc(C(C)C)cc4)c3c2=O)c(C)c1. The zero-order valence-electron chi connectivity index (χ0n) is 19.0. The normalized spacial score (nSPS) is 11.3. The highest BCUT2D eigenvalue weighted by Crippen LogP contribution is 2.31. The van der Waals surface area contributed by atoms with E-state index in [9.17, 15) is 9.59 Å². The molecule has 0 spiro atoms. The minimum absolute atomic E-state index is 0.0872. The predicted octanol–water partition coefficient (Wildman–Crippen LogP) is 5.81. The lowest BCUT2D eigenvalue weighted by Gasteiger charge is -2.13. The number of rotatable bonds is 5. The second kappa shape index (κ2) is 8.71. The van der Waals surface area contributed by atoms with Crippen LogP contribution in [-0.4, -0.2) is 15.5 Å². The molecule has 0 atom stereocenters. The van der Waals surface area contributed by atoms with Gasteiger partial charge in [-0.1, -0.05) is 55.8 Å². The summed E-state index contributed by atoms with van der Waals surface area (Å²) in [5.41, 5.74) is 6.84. The van der Waals surface area contributed by atoms with E-state index in [1.165, 1.54) is 27.8 Å². The Balaban J connectivity index is 1.65. The fourth-order valence-corrected chi connectivity index (χ4v) is 4.96. The van der Waals surface area contributed by atoms with E-state index in [1.54, 1.807) is 0 Å². The molecular formula is C26H27N3O2S. The molecule has 164 valence electrons. The minimum Gasteiger partial charge on any atom is -0.324 e. The van der Waals surface area contributed by atoms with Gasteiger partial charge in [-0.2, -0.15) is 0 Å². The molecule has 0 aliphatic heterocycles. The number of thiophene rings is 1. The quantitative estimate of drug-likeness (QED) is 0.421. The maximum absolute atomic E-state index is 13.3. The van der Waals surface area contributed by atoms with E-state index < -0.39 is 0 Å². The average Bonchev–Trinajstić information content (AvgIpc) is 3.18. The topological polar surface area (TPSA) is 64.0 Å². The summed E-state index contributed by atoms with van der Waals surface area (Å²) in [6.45, 7) is 10.2. The van der Waals surface area contributed by atoms with Crippen molar-refractivity contribution in [2.24, 2.45) is 0 Å². The molecule has 2 aromatic heterocycles. The Labute approximate surface area is 191 Å². The Morgan fingerprint density at radius 1 is 1.09 bits per heavy atom. The van der Waals surface area contributed by atoms with Crippen LogP contribution in [0.25, 0.3) is 21.3 Å². The van der Waals surface area contributed by atoms with Crippen LogP contribution < -0.4 is 10.9 Å². The first-order valence-corrected chi connectivity index (χ1v) is 11.6. The van der Waals surface area contributed by atoms with Crippen molar-refractivity contribution in [2.75, 3.05) is 5.32 Å². The second-order valence-corrected chi connectivity index (χ2v) is 9.46. The third-order valence-corrected chi connectivity index (χ3v) is 6.59. The van der Waals surface area contributed by atoms with Crippen molar-refractivity contribution >= 4 is 33.1 Å². The van der Waals surface area contributed by atoms with E-state index in [-0.39, 0.29) is 18.0 Å². The van der Waals surface area contributed by atoms with Crippen LogP contribution in [0.1, 0.15) is 42.0 Å². The van der Waals surface area contributed by atoms with Gasteiger partial charge in [-0.15, -0.1) is 11.3 Å². The van der Waals surface area contributed by atoms with Crippen molar-refractivity contribution in [1.29, 1.82) is 0 Å². The van der Waals surface area contributed by atoms with E-state index >= 15 is 0 Å². The summed E-state index contributed by atoms with van der Waals surface area (Å²) in [5, 5.41) is 5.49. The number of aromatic nitrogens is 2. The molecule has 0 fully saturated rings. The van der Waals surface area contributed by atoms with Crippen LogP contribution in [-0.2, 0) is 11.3 Å². The van der Waals surface area contributed by atoms with Crippen LogP contribution in [0, 0.1) is 20.8 Å². The first-order chi connectivity index (χ1) is 15.2. The smallest absolute Gasteiger partial charge is 0.263 e. The van der Waals surface area contributed by atoms with Crippen molar-refractivity contribution in [3.8, 4) is 11.1 Å². The maximum atomic E-state index is 13.3. The number of fused-ring (bicyclic) bond motifs is 1. The fourth-order valence-electron chi connectivity index (χ4n) is 4.05. The molecule has 1 amide bonds. The van der Waals surface area contributed by atoms with Gasteiger partial charge in [-0.3, -0.25) is 14.2 Å². The molecule has 0 saturated heterocycles. The van der Waals surface area contributed by atoms with E-state index in [0.717, 1.165) is 33.5 Å². The molecule has 0 radical (unpaired) electrons.